The van der Waals surface area contributed by atoms with E-state index < -0.39 is 6.10 Å². The Hall–Kier alpha value is -2.59. The van der Waals surface area contributed by atoms with Gasteiger partial charge in [0.05, 0.1) is 24.5 Å². The second kappa shape index (κ2) is 6.26. The van der Waals surface area contributed by atoms with Gasteiger partial charge in [-0.2, -0.15) is 10.4 Å². The summed E-state index contributed by atoms with van der Waals surface area (Å²) in [5, 5.41) is 23.8. The van der Waals surface area contributed by atoms with Crippen molar-refractivity contribution in [1.82, 2.24) is 14.8 Å². The first-order chi connectivity index (χ1) is 11.1. The number of hydrogen-bond donors (Lipinski definition) is 1. The average molecular weight is 313 g/mol. The average Bonchev–Trinajstić information content (AvgIpc) is 3.14. The van der Waals surface area contributed by atoms with Gasteiger partial charge in [-0.25, -0.2) is 4.98 Å². The lowest BCUT2D eigenvalue weighted by Crippen LogP contribution is -2.29. The number of aliphatic hydroxyl groups excluding tert-OH is 1. The molecule has 23 heavy (non-hydrogen) atoms. The fourth-order valence-corrected chi connectivity index (χ4v) is 2.72. The zero-order valence-electron chi connectivity index (χ0n) is 13.2. The molecule has 0 aromatic carbocycles. The lowest BCUT2D eigenvalue weighted by molar-refractivity contribution is 0.0737. The van der Waals surface area contributed by atoms with Crippen molar-refractivity contribution in [3.05, 3.63) is 35.8 Å². The number of aliphatic hydroxyl groups is 1. The molecule has 1 fully saturated rings. The molecule has 7 nitrogen and oxygen atoms in total. The van der Waals surface area contributed by atoms with Crippen LogP contribution in [-0.4, -0.2) is 45.2 Å². The molecule has 0 unspecified atom stereocenters. The number of nitrogens with zero attached hydrogens (tertiary/aromatic N) is 5. The predicted molar refractivity (Wildman–Crippen MR) is 84.2 cm³/mol. The van der Waals surface area contributed by atoms with Gasteiger partial charge in [0.2, 0.25) is 0 Å². The number of hydrogen-bond acceptors (Lipinski definition) is 6. The highest BCUT2D eigenvalue weighted by atomic mass is 16.5. The molecule has 0 saturated carbocycles. The summed E-state index contributed by atoms with van der Waals surface area (Å²) in [5.41, 5.74) is 1.42. The van der Waals surface area contributed by atoms with Gasteiger partial charge in [0.15, 0.2) is 5.75 Å². The highest BCUT2D eigenvalue weighted by Gasteiger charge is 2.35. The van der Waals surface area contributed by atoms with Gasteiger partial charge in [0.1, 0.15) is 24.1 Å². The molecule has 0 spiro atoms. The lowest BCUT2D eigenvalue weighted by atomic mass is 10.1. The highest BCUT2D eigenvalue weighted by Crippen LogP contribution is 2.26. The van der Waals surface area contributed by atoms with E-state index in [1.54, 1.807) is 23.3 Å². The van der Waals surface area contributed by atoms with E-state index in [0.717, 1.165) is 12.1 Å². The van der Waals surface area contributed by atoms with Crippen LogP contribution in [-0.2, 0) is 6.54 Å². The second-order valence-corrected chi connectivity index (χ2v) is 5.60. The first kappa shape index (κ1) is 15.3. The van der Waals surface area contributed by atoms with Gasteiger partial charge in [0.25, 0.3) is 0 Å². The number of pyridine rings is 1. The molecule has 0 aliphatic carbocycles. The second-order valence-electron chi connectivity index (χ2n) is 5.60. The topological polar surface area (TPSA) is 87.2 Å². The molecule has 120 valence electrons. The number of β-amino-alcohol motifs (C(OH)–C–C–N with tert-alkyl or cyclic N) is 1. The van der Waals surface area contributed by atoms with Gasteiger partial charge in [-0.15, -0.1) is 0 Å². The molecule has 7 heteroatoms. The molecule has 0 bridgehead atoms. The Kier molecular flexibility index (Phi) is 4.17. The van der Waals surface area contributed by atoms with Gasteiger partial charge in [-0.05, 0) is 25.5 Å². The van der Waals surface area contributed by atoms with Gasteiger partial charge < -0.3 is 14.7 Å². The first-order valence-electron chi connectivity index (χ1n) is 7.60. The van der Waals surface area contributed by atoms with Gasteiger partial charge in [0, 0.05) is 19.3 Å². The van der Waals surface area contributed by atoms with E-state index in [2.05, 4.69) is 16.2 Å². The Morgan fingerprint density at radius 2 is 2.30 bits per heavy atom. The molecule has 0 amide bonds. The van der Waals surface area contributed by atoms with Crippen LogP contribution in [0.3, 0.4) is 0 Å². The number of aryl methyl sites for hydroxylation is 2. The third-order valence-corrected chi connectivity index (χ3v) is 4.01. The van der Waals surface area contributed by atoms with Crippen LogP contribution in [0.2, 0.25) is 0 Å². The van der Waals surface area contributed by atoms with E-state index in [0.29, 0.717) is 30.2 Å². The van der Waals surface area contributed by atoms with Crippen molar-refractivity contribution in [2.45, 2.75) is 32.6 Å². The Bertz CT molecular complexity index is 736. The van der Waals surface area contributed by atoms with E-state index in [-0.39, 0.29) is 6.10 Å². The zero-order valence-corrected chi connectivity index (χ0v) is 13.2. The van der Waals surface area contributed by atoms with Crippen LogP contribution in [0.25, 0.3) is 0 Å². The molecule has 1 N–H and O–H groups in total. The van der Waals surface area contributed by atoms with Crippen LogP contribution in [0, 0.1) is 18.3 Å². The largest absolute Gasteiger partial charge is 0.482 e. The quantitative estimate of drug-likeness (QED) is 0.909. The predicted octanol–water partition coefficient (Wildman–Crippen LogP) is 1.11. The summed E-state index contributed by atoms with van der Waals surface area (Å²) < 4.78 is 7.61. The zero-order chi connectivity index (χ0) is 16.4. The van der Waals surface area contributed by atoms with Crippen LogP contribution < -0.4 is 9.64 Å². The van der Waals surface area contributed by atoms with Gasteiger partial charge in [-0.3, -0.25) is 4.68 Å². The van der Waals surface area contributed by atoms with Crippen molar-refractivity contribution in [1.29, 1.82) is 5.26 Å². The van der Waals surface area contributed by atoms with Crippen molar-refractivity contribution in [3.63, 3.8) is 0 Å². The number of nitriles is 1. The minimum absolute atomic E-state index is 0.377. The van der Waals surface area contributed by atoms with Crippen LogP contribution in [0.4, 0.5) is 5.82 Å². The molecule has 1 saturated heterocycles. The van der Waals surface area contributed by atoms with Gasteiger partial charge in [-0.1, -0.05) is 0 Å². The summed E-state index contributed by atoms with van der Waals surface area (Å²) in [6.07, 6.45) is 4.11. The molecule has 3 rings (SSSR count). The maximum atomic E-state index is 10.3. The maximum absolute atomic E-state index is 10.3. The Balaban J connectivity index is 1.76. The summed E-state index contributed by atoms with van der Waals surface area (Å²) in [6.45, 7) is 5.50. The Morgan fingerprint density at radius 1 is 1.48 bits per heavy atom. The third kappa shape index (κ3) is 2.98. The van der Waals surface area contributed by atoms with E-state index in [4.69, 9.17) is 4.74 Å². The van der Waals surface area contributed by atoms with E-state index in [1.807, 2.05) is 24.8 Å². The maximum Gasteiger partial charge on any atom is 0.157 e. The minimum atomic E-state index is -0.645. The molecule has 0 radical (unpaired) electrons. The molecule has 3 heterocycles. The fourth-order valence-electron chi connectivity index (χ4n) is 2.72. The van der Waals surface area contributed by atoms with Crippen LogP contribution in [0.5, 0.6) is 5.75 Å². The number of aromatic nitrogens is 3. The molecular weight excluding hydrogens is 294 g/mol. The fraction of sp³-hybridized carbons (Fsp3) is 0.438. The minimum Gasteiger partial charge on any atom is -0.482 e. The third-order valence-electron chi connectivity index (χ3n) is 4.01. The molecule has 1 aliphatic heterocycles. The van der Waals surface area contributed by atoms with Gasteiger partial charge >= 0.3 is 0 Å². The number of rotatable bonds is 4. The van der Waals surface area contributed by atoms with E-state index >= 15 is 0 Å². The van der Waals surface area contributed by atoms with Crippen molar-refractivity contribution in [3.8, 4) is 11.8 Å². The summed E-state index contributed by atoms with van der Waals surface area (Å²) in [4.78, 5) is 6.20. The molecule has 2 aromatic rings. The van der Waals surface area contributed by atoms with Crippen LogP contribution >= 0.6 is 0 Å². The first-order valence-corrected chi connectivity index (χ1v) is 7.60. The monoisotopic (exact) mass is 313 g/mol. The molecule has 1 aliphatic rings. The Labute approximate surface area is 134 Å². The standard InChI is InChI=1S/C16H19N5O2/c1-3-21-8-12(7-19-21)23-15-10-20(9-14(15)22)16-13(6-17)11(2)4-5-18-16/h4-5,7-8,14-15,22H,3,9-10H2,1-2H3/t14-,15-/m1/s1. The van der Waals surface area contributed by atoms with E-state index in [1.165, 1.54) is 0 Å². The summed E-state index contributed by atoms with van der Waals surface area (Å²) >= 11 is 0. The molecule has 2 aromatic heterocycles. The van der Waals surface area contributed by atoms with Crippen LogP contribution in [0.15, 0.2) is 24.7 Å². The smallest absolute Gasteiger partial charge is 0.157 e. The highest BCUT2D eigenvalue weighted by molar-refractivity contribution is 5.58. The molecular formula is C16H19N5O2. The van der Waals surface area contributed by atoms with Crippen molar-refractivity contribution in [2.24, 2.45) is 0 Å². The SMILES string of the molecule is CCn1cc(O[C@@H]2CN(c3nccc(C)c3C#N)C[C@H]2O)cn1. The number of anilines is 1. The summed E-state index contributed by atoms with van der Waals surface area (Å²) in [6, 6.07) is 4.00. The summed E-state index contributed by atoms with van der Waals surface area (Å²) in [7, 11) is 0. The van der Waals surface area contributed by atoms with Crippen molar-refractivity contribution in [2.75, 3.05) is 18.0 Å². The van der Waals surface area contributed by atoms with Crippen molar-refractivity contribution >= 4 is 5.82 Å². The lowest BCUT2D eigenvalue weighted by Gasteiger charge is -2.18. The molecule has 2 atom stereocenters. The Morgan fingerprint density at radius 3 is 3.00 bits per heavy atom. The summed E-state index contributed by atoms with van der Waals surface area (Å²) in [5.74, 6) is 1.23. The van der Waals surface area contributed by atoms with Crippen molar-refractivity contribution < 1.29 is 9.84 Å². The normalized spacial score (nSPS) is 20.5. The van der Waals surface area contributed by atoms with E-state index in [9.17, 15) is 10.4 Å². The van der Waals surface area contributed by atoms with Crippen LogP contribution in [0.1, 0.15) is 18.1 Å². The number of ether oxygens (including phenoxy) is 1.